The van der Waals surface area contributed by atoms with Crippen molar-refractivity contribution < 1.29 is 9.83 Å². The Hall–Kier alpha value is -2.41. The number of nitriles is 1. The van der Waals surface area contributed by atoms with Gasteiger partial charge in [-0.2, -0.15) is 5.26 Å². The summed E-state index contributed by atoms with van der Waals surface area (Å²) >= 11 is 0. The summed E-state index contributed by atoms with van der Waals surface area (Å²) in [5, 5.41) is 18.2. The van der Waals surface area contributed by atoms with Crippen LogP contribution in [0.25, 0.3) is 0 Å². The lowest BCUT2D eigenvalue weighted by Crippen LogP contribution is -2.45. The van der Waals surface area contributed by atoms with E-state index < -0.39 is 11.1 Å². The number of nitrogens with one attached hydrogen (secondary N) is 1. The molecule has 1 aliphatic heterocycles. The van der Waals surface area contributed by atoms with Crippen molar-refractivity contribution in [3.63, 3.8) is 0 Å². The number of likely N-dealkylation sites (tertiary alicyclic amines) is 1. The van der Waals surface area contributed by atoms with Crippen LogP contribution >= 0.6 is 0 Å². The molecule has 10 nitrogen and oxygen atoms in total. The van der Waals surface area contributed by atoms with Crippen LogP contribution in [0.15, 0.2) is 4.99 Å². The van der Waals surface area contributed by atoms with Gasteiger partial charge in [0.05, 0.1) is 12.1 Å². The van der Waals surface area contributed by atoms with Crippen LogP contribution in [-0.4, -0.2) is 47.0 Å². The fourth-order valence-corrected chi connectivity index (χ4v) is 2.14. The van der Waals surface area contributed by atoms with Crippen molar-refractivity contribution in [3.8, 4) is 6.07 Å². The molecular formula is C11H19N7O3. The molecule has 1 heterocycles. The monoisotopic (exact) mass is 297 g/mol. The van der Waals surface area contributed by atoms with Gasteiger partial charge >= 0.3 is 0 Å². The van der Waals surface area contributed by atoms with E-state index in [1.54, 1.807) is 5.43 Å². The zero-order valence-corrected chi connectivity index (χ0v) is 11.6. The van der Waals surface area contributed by atoms with Gasteiger partial charge in [0.25, 0.3) is 5.96 Å². The maximum atomic E-state index is 12.1. The summed E-state index contributed by atoms with van der Waals surface area (Å²) in [5.74, 6) is -0.525. The quantitative estimate of drug-likeness (QED) is 0.180. The average Bonchev–Trinajstić information content (AvgIpc) is 2.90. The van der Waals surface area contributed by atoms with Crippen LogP contribution in [0.3, 0.4) is 0 Å². The molecule has 2 atom stereocenters. The molecule has 0 aromatic heterocycles. The van der Waals surface area contributed by atoms with Gasteiger partial charge in [0.2, 0.25) is 5.91 Å². The number of nitrogens with zero attached hydrogens (tertiary/aromatic N) is 4. The van der Waals surface area contributed by atoms with Crippen molar-refractivity contribution in [2.75, 3.05) is 13.1 Å². The summed E-state index contributed by atoms with van der Waals surface area (Å²) in [6.45, 7) is 0.790. The molecule has 1 amide bonds. The molecule has 0 aromatic rings. The van der Waals surface area contributed by atoms with E-state index >= 15 is 0 Å². The summed E-state index contributed by atoms with van der Waals surface area (Å²) in [4.78, 5) is 27.4. The number of nitrogens with two attached hydrogens (primary N) is 2. The van der Waals surface area contributed by atoms with Gasteiger partial charge in [0.15, 0.2) is 5.03 Å². The molecule has 0 aliphatic carbocycles. The van der Waals surface area contributed by atoms with E-state index in [1.807, 2.05) is 0 Å². The van der Waals surface area contributed by atoms with Crippen molar-refractivity contribution in [1.29, 1.82) is 5.26 Å². The van der Waals surface area contributed by atoms with Crippen LogP contribution in [0.5, 0.6) is 0 Å². The summed E-state index contributed by atoms with van der Waals surface area (Å²) in [6.07, 6.45) is 2.34. The molecule has 1 rings (SSSR count). The minimum Gasteiger partial charge on any atom is -0.365 e. The number of nitro groups is 1. The van der Waals surface area contributed by atoms with Crippen molar-refractivity contribution in [1.82, 2.24) is 10.3 Å². The van der Waals surface area contributed by atoms with E-state index in [1.165, 1.54) is 4.90 Å². The van der Waals surface area contributed by atoms with E-state index in [9.17, 15) is 14.9 Å². The largest absolute Gasteiger partial charge is 0.365 e. The molecule has 116 valence electrons. The number of carbonyl (C=O) groups is 1. The number of guanidine groups is 1. The molecule has 0 spiro atoms. The summed E-state index contributed by atoms with van der Waals surface area (Å²) in [5.41, 5.74) is 12.8. The normalized spacial score (nSPS) is 19.9. The maximum absolute atomic E-state index is 12.1. The van der Waals surface area contributed by atoms with Gasteiger partial charge in [0.1, 0.15) is 6.04 Å². The molecule has 5 N–H and O–H groups in total. The third-order valence-electron chi connectivity index (χ3n) is 3.16. The van der Waals surface area contributed by atoms with E-state index in [2.05, 4.69) is 11.1 Å². The van der Waals surface area contributed by atoms with Crippen molar-refractivity contribution in [3.05, 3.63) is 10.1 Å². The SMILES string of the molecule is N#C[C@@H]1CCCN1C(=O)[C@@H](N)CCCN=C(N)N[N+](=O)[O-]. The van der Waals surface area contributed by atoms with Crippen molar-refractivity contribution in [2.45, 2.75) is 37.8 Å². The fraction of sp³-hybridized carbons (Fsp3) is 0.727. The van der Waals surface area contributed by atoms with Crippen LogP contribution in [0.4, 0.5) is 0 Å². The molecule has 1 saturated heterocycles. The smallest absolute Gasteiger partial charge is 0.251 e. The van der Waals surface area contributed by atoms with Gasteiger partial charge in [-0.15, -0.1) is 0 Å². The number of aliphatic imine (C=N–C) groups is 1. The second kappa shape index (κ2) is 8.01. The highest BCUT2D eigenvalue weighted by Crippen LogP contribution is 2.17. The van der Waals surface area contributed by atoms with Gasteiger partial charge in [0, 0.05) is 13.1 Å². The highest BCUT2D eigenvalue weighted by Gasteiger charge is 2.31. The lowest BCUT2D eigenvalue weighted by atomic mass is 10.1. The highest BCUT2D eigenvalue weighted by molar-refractivity contribution is 5.82. The Bertz CT molecular complexity index is 459. The average molecular weight is 297 g/mol. The predicted molar refractivity (Wildman–Crippen MR) is 74.2 cm³/mol. The molecule has 21 heavy (non-hydrogen) atoms. The molecule has 1 fully saturated rings. The Labute approximate surface area is 121 Å². The Morgan fingerprint density at radius 1 is 1.67 bits per heavy atom. The zero-order valence-electron chi connectivity index (χ0n) is 11.6. The molecular weight excluding hydrogens is 278 g/mol. The van der Waals surface area contributed by atoms with Crippen LogP contribution < -0.4 is 16.9 Å². The predicted octanol–water partition coefficient (Wildman–Crippen LogP) is -1.30. The van der Waals surface area contributed by atoms with Crippen molar-refractivity contribution >= 4 is 11.9 Å². The van der Waals surface area contributed by atoms with E-state index in [0.29, 0.717) is 25.8 Å². The number of hydrogen-bond acceptors (Lipinski definition) is 6. The number of hydrogen-bond donors (Lipinski definition) is 3. The summed E-state index contributed by atoms with van der Waals surface area (Å²) in [6, 6.07) is 1.01. The highest BCUT2D eigenvalue weighted by atomic mass is 16.7. The van der Waals surface area contributed by atoms with Crippen LogP contribution in [-0.2, 0) is 4.79 Å². The van der Waals surface area contributed by atoms with Gasteiger partial charge in [-0.05, 0) is 25.7 Å². The van der Waals surface area contributed by atoms with Gasteiger partial charge in [-0.3, -0.25) is 4.79 Å². The Morgan fingerprint density at radius 3 is 3.00 bits per heavy atom. The van der Waals surface area contributed by atoms with Gasteiger partial charge in [-0.25, -0.2) is 15.1 Å². The zero-order chi connectivity index (χ0) is 15.8. The van der Waals surface area contributed by atoms with Crippen LogP contribution in [0, 0.1) is 21.4 Å². The fourth-order valence-electron chi connectivity index (χ4n) is 2.14. The first-order valence-corrected chi connectivity index (χ1v) is 6.62. The summed E-state index contributed by atoms with van der Waals surface area (Å²) < 4.78 is 0. The van der Waals surface area contributed by atoms with Crippen LogP contribution in [0.1, 0.15) is 25.7 Å². The van der Waals surface area contributed by atoms with Crippen molar-refractivity contribution in [2.24, 2.45) is 16.5 Å². The third-order valence-corrected chi connectivity index (χ3v) is 3.16. The molecule has 1 aliphatic rings. The molecule has 0 bridgehead atoms. The van der Waals surface area contributed by atoms with E-state index in [4.69, 9.17) is 16.7 Å². The van der Waals surface area contributed by atoms with E-state index in [0.717, 1.165) is 6.42 Å². The van der Waals surface area contributed by atoms with Gasteiger partial charge < -0.3 is 16.4 Å². The van der Waals surface area contributed by atoms with Gasteiger partial charge in [-0.1, -0.05) is 5.43 Å². The Balaban J connectivity index is 2.34. The molecule has 0 unspecified atom stereocenters. The van der Waals surface area contributed by atoms with E-state index in [-0.39, 0.29) is 24.5 Å². The lowest BCUT2D eigenvalue weighted by molar-refractivity contribution is -0.525. The first kappa shape index (κ1) is 16.6. The Morgan fingerprint density at radius 2 is 2.38 bits per heavy atom. The minimum absolute atomic E-state index is 0.231. The Kier molecular flexibility index (Phi) is 6.35. The molecule has 0 radical (unpaired) electrons. The lowest BCUT2D eigenvalue weighted by Gasteiger charge is -2.23. The standard InChI is InChI=1S/C11H19N7O3/c12-7-8-3-2-6-17(8)10(19)9(13)4-1-5-15-11(14)16-18(20)21/h8-9H,1-6,13H2,(H3,14,15,16)/t8-,9-/m0/s1. The molecule has 10 heteroatoms. The number of rotatable bonds is 6. The second-order valence-corrected chi connectivity index (χ2v) is 4.70. The number of hydrazine groups is 1. The molecule has 0 aromatic carbocycles. The summed E-state index contributed by atoms with van der Waals surface area (Å²) in [7, 11) is 0. The topological polar surface area (TPSA) is 164 Å². The van der Waals surface area contributed by atoms with Crippen LogP contribution in [0.2, 0.25) is 0 Å². The number of amides is 1. The molecule has 0 saturated carbocycles. The number of carbonyl (C=O) groups excluding carboxylic acids is 1. The third kappa shape index (κ3) is 5.23. The maximum Gasteiger partial charge on any atom is 0.251 e. The minimum atomic E-state index is -0.802. The second-order valence-electron chi connectivity index (χ2n) is 4.70. The first-order valence-electron chi connectivity index (χ1n) is 6.62. The first-order chi connectivity index (χ1) is 9.95.